The van der Waals surface area contributed by atoms with E-state index in [1.165, 1.54) is 36.5 Å². The van der Waals surface area contributed by atoms with Gasteiger partial charge in [-0.05, 0) is 29.0 Å². The largest absolute Gasteiger partial charge is 0.458 e. The molecule has 0 aliphatic rings. The van der Waals surface area contributed by atoms with Crippen LogP contribution in [0.4, 0.5) is 0 Å². The zero-order valence-electron chi connectivity index (χ0n) is 15.3. The van der Waals surface area contributed by atoms with Crippen molar-refractivity contribution >= 4 is 5.97 Å². The molecule has 0 N–H and O–H groups in total. The molecular formula is C23H28O2. The summed E-state index contributed by atoms with van der Waals surface area (Å²) in [7, 11) is 0. The number of rotatable bonds is 9. The maximum absolute atomic E-state index is 11.2. The van der Waals surface area contributed by atoms with E-state index in [1.807, 2.05) is 12.1 Å². The molecule has 0 saturated carbocycles. The Balaban J connectivity index is 2.19. The van der Waals surface area contributed by atoms with Crippen LogP contribution in [0.15, 0.2) is 67.3 Å². The third kappa shape index (κ3) is 5.60. The van der Waals surface area contributed by atoms with Crippen LogP contribution in [-0.2, 0) is 16.1 Å². The number of carbonyl (C=O) groups excluding carboxylic acids is 1. The van der Waals surface area contributed by atoms with Crippen molar-refractivity contribution < 1.29 is 9.53 Å². The number of benzene rings is 2. The molecule has 2 heteroatoms. The molecule has 2 unspecified atom stereocenters. The summed E-state index contributed by atoms with van der Waals surface area (Å²) < 4.78 is 5.11. The third-order valence-electron chi connectivity index (χ3n) is 4.63. The number of hydrogen-bond donors (Lipinski definition) is 0. The standard InChI is InChI=1S/C23H28O2/c1-4-6-10-18(3)23(20-11-8-7-9-12-20)21-15-13-19(14-16-21)17-25-22(24)5-2/h5,7-9,11-16,18,23H,2,4,6,10,17H2,1,3H3. The lowest BCUT2D eigenvalue weighted by atomic mass is 9.79. The smallest absolute Gasteiger partial charge is 0.330 e. The Morgan fingerprint density at radius 1 is 1.08 bits per heavy atom. The van der Waals surface area contributed by atoms with Gasteiger partial charge in [-0.15, -0.1) is 0 Å². The summed E-state index contributed by atoms with van der Waals surface area (Å²) in [6, 6.07) is 19.1. The van der Waals surface area contributed by atoms with Crippen molar-refractivity contribution in [2.75, 3.05) is 0 Å². The summed E-state index contributed by atoms with van der Waals surface area (Å²) in [5.74, 6) is 0.573. The second-order valence-corrected chi connectivity index (χ2v) is 6.56. The minimum absolute atomic E-state index is 0.284. The molecule has 2 rings (SSSR count). The molecule has 0 saturated heterocycles. The van der Waals surface area contributed by atoms with Gasteiger partial charge in [-0.1, -0.05) is 87.9 Å². The van der Waals surface area contributed by atoms with Gasteiger partial charge >= 0.3 is 5.97 Å². The topological polar surface area (TPSA) is 26.3 Å². The fourth-order valence-corrected chi connectivity index (χ4v) is 3.24. The Hall–Kier alpha value is -2.35. The van der Waals surface area contributed by atoms with Crippen LogP contribution in [0.5, 0.6) is 0 Å². The second kappa shape index (κ2) is 9.83. The monoisotopic (exact) mass is 336 g/mol. The van der Waals surface area contributed by atoms with E-state index in [0.29, 0.717) is 11.8 Å². The molecule has 0 aliphatic heterocycles. The van der Waals surface area contributed by atoms with Gasteiger partial charge in [-0.3, -0.25) is 0 Å². The molecule has 0 aromatic heterocycles. The van der Waals surface area contributed by atoms with Crippen LogP contribution < -0.4 is 0 Å². The molecule has 2 aromatic rings. The predicted molar refractivity (Wildman–Crippen MR) is 103 cm³/mol. The van der Waals surface area contributed by atoms with Crippen molar-refractivity contribution in [3.05, 3.63) is 83.9 Å². The summed E-state index contributed by atoms with van der Waals surface area (Å²) >= 11 is 0. The van der Waals surface area contributed by atoms with Crippen LogP contribution in [-0.4, -0.2) is 5.97 Å². The Morgan fingerprint density at radius 2 is 1.72 bits per heavy atom. The van der Waals surface area contributed by atoms with E-state index < -0.39 is 0 Å². The van der Waals surface area contributed by atoms with Crippen LogP contribution in [0.25, 0.3) is 0 Å². The minimum Gasteiger partial charge on any atom is -0.458 e. The van der Waals surface area contributed by atoms with Crippen molar-refractivity contribution in [3.63, 3.8) is 0 Å². The molecule has 25 heavy (non-hydrogen) atoms. The van der Waals surface area contributed by atoms with Gasteiger partial charge in [0.25, 0.3) is 0 Å². The SMILES string of the molecule is C=CC(=O)OCc1ccc(C(c2ccccc2)C(C)CCCC)cc1. The molecule has 0 bridgehead atoms. The average Bonchev–Trinajstić information content (AvgIpc) is 2.66. The summed E-state index contributed by atoms with van der Waals surface area (Å²) in [5, 5.41) is 0. The number of ether oxygens (including phenoxy) is 1. The molecule has 132 valence electrons. The highest BCUT2D eigenvalue weighted by Crippen LogP contribution is 2.34. The number of esters is 1. The van der Waals surface area contributed by atoms with E-state index in [0.717, 1.165) is 5.56 Å². The van der Waals surface area contributed by atoms with Gasteiger partial charge in [0, 0.05) is 12.0 Å². The van der Waals surface area contributed by atoms with Gasteiger partial charge in [0.05, 0.1) is 0 Å². The van der Waals surface area contributed by atoms with Crippen LogP contribution >= 0.6 is 0 Å². The van der Waals surface area contributed by atoms with E-state index >= 15 is 0 Å². The first-order valence-electron chi connectivity index (χ1n) is 9.08. The highest BCUT2D eigenvalue weighted by molar-refractivity contribution is 5.81. The number of unbranched alkanes of at least 4 members (excludes halogenated alkanes) is 1. The Morgan fingerprint density at radius 3 is 2.32 bits per heavy atom. The summed E-state index contributed by atoms with van der Waals surface area (Å²) in [5.41, 5.74) is 3.66. The first-order chi connectivity index (χ1) is 12.2. The normalized spacial score (nSPS) is 13.0. The van der Waals surface area contributed by atoms with Gasteiger partial charge in [0.15, 0.2) is 0 Å². The van der Waals surface area contributed by atoms with Crippen LogP contribution in [0.3, 0.4) is 0 Å². The second-order valence-electron chi connectivity index (χ2n) is 6.56. The fraction of sp³-hybridized carbons (Fsp3) is 0.348. The fourth-order valence-electron chi connectivity index (χ4n) is 3.24. The molecule has 2 atom stereocenters. The zero-order chi connectivity index (χ0) is 18.1. The van der Waals surface area contributed by atoms with Crippen LogP contribution in [0, 0.1) is 5.92 Å². The molecule has 2 nitrogen and oxygen atoms in total. The van der Waals surface area contributed by atoms with Crippen molar-refractivity contribution in [2.24, 2.45) is 5.92 Å². The van der Waals surface area contributed by atoms with E-state index in [4.69, 9.17) is 4.74 Å². The zero-order valence-corrected chi connectivity index (χ0v) is 15.3. The van der Waals surface area contributed by atoms with Gasteiger partial charge in [-0.25, -0.2) is 4.79 Å². The minimum atomic E-state index is -0.389. The first kappa shape index (κ1) is 19.0. The molecule has 0 radical (unpaired) electrons. The lowest BCUT2D eigenvalue weighted by Crippen LogP contribution is -2.12. The number of carbonyl (C=O) groups is 1. The van der Waals surface area contributed by atoms with Gasteiger partial charge < -0.3 is 4.74 Å². The quantitative estimate of drug-likeness (QED) is 0.422. The summed E-state index contributed by atoms with van der Waals surface area (Å²) in [4.78, 5) is 11.2. The van der Waals surface area contributed by atoms with Crippen molar-refractivity contribution in [3.8, 4) is 0 Å². The molecule has 2 aromatic carbocycles. The molecular weight excluding hydrogens is 308 g/mol. The summed E-state index contributed by atoms with van der Waals surface area (Å²) in [6.07, 6.45) is 4.88. The van der Waals surface area contributed by atoms with Crippen molar-refractivity contribution in [1.29, 1.82) is 0 Å². The third-order valence-corrected chi connectivity index (χ3v) is 4.63. The van der Waals surface area contributed by atoms with E-state index in [1.54, 1.807) is 0 Å². The van der Waals surface area contributed by atoms with Crippen molar-refractivity contribution in [2.45, 2.75) is 45.6 Å². The maximum atomic E-state index is 11.2. The van der Waals surface area contributed by atoms with Crippen LogP contribution in [0.2, 0.25) is 0 Å². The highest BCUT2D eigenvalue weighted by Gasteiger charge is 2.20. The van der Waals surface area contributed by atoms with Gasteiger partial charge in [0.1, 0.15) is 6.61 Å². The van der Waals surface area contributed by atoms with E-state index in [9.17, 15) is 4.79 Å². The van der Waals surface area contributed by atoms with E-state index in [2.05, 4.69) is 62.9 Å². The molecule has 0 spiro atoms. The average molecular weight is 336 g/mol. The Labute approximate surface area is 151 Å². The molecule has 0 fully saturated rings. The van der Waals surface area contributed by atoms with Crippen molar-refractivity contribution in [1.82, 2.24) is 0 Å². The molecule has 0 amide bonds. The lowest BCUT2D eigenvalue weighted by molar-refractivity contribution is -0.138. The first-order valence-corrected chi connectivity index (χ1v) is 9.08. The van der Waals surface area contributed by atoms with E-state index in [-0.39, 0.29) is 12.6 Å². The summed E-state index contributed by atoms with van der Waals surface area (Å²) in [6.45, 7) is 8.28. The number of hydrogen-bond acceptors (Lipinski definition) is 2. The van der Waals surface area contributed by atoms with Crippen LogP contribution in [0.1, 0.15) is 55.7 Å². The lowest BCUT2D eigenvalue weighted by Gasteiger charge is -2.25. The molecule has 0 aliphatic carbocycles. The van der Waals surface area contributed by atoms with Gasteiger partial charge in [0.2, 0.25) is 0 Å². The highest BCUT2D eigenvalue weighted by atomic mass is 16.5. The Bertz CT molecular complexity index is 658. The van der Waals surface area contributed by atoms with Gasteiger partial charge in [-0.2, -0.15) is 0 Å². The predicted octanol–water partition coefficient (Wildman–Crippen LogP) is 5.87. The maximum Gasteiger partial charge on any atom is 0.330 e. The Kier molecular flexibility index (Phi) is 7.46. The molecule has 0 heterocycles.